The molecular formula is C56H65F4N5O8. The average Bonchev–Trinajstić information content (AvgIpc) is 4.08. The summed E-state index contributed by atoms with van der Waals surface area (Å²) in [5, 5.41) is 3.41. The lowest BCUT2D eigenvalue weighted by atomic mass is 10.1. The second-order valence-corrected chi connectivity index (χ2v) is 17.9. The van der Waals surface area contributed by atoms with Crippen molar-refractivity contribution in [2.75, 3.05) is 81.9 Å². The second-order valence-electron chi connectivity index (χ2n) is 17.9. The number of pyridine rings is 1. The zero-order chi connectivity index (χ0) is 52.6. The summed E-state index contributed by atoms with van der Waals surface area (Å²) < 4.78 is 87.7. The fraction of sp³-hybridized carbons (Fsp3) is 0.375. The Balaban J connectivity index is 0.000000243. The van der Waals surface area contributed by atoms with Crippen molar-refractivity contribution < 1.29 is 55.6 Å². The minimum Gasteiger partial charge on any atom is -0.493 e. The molecule has 7 rings (SSSR count). The van der Waals surface area contributed by atoms with Gasteiger partial charge < -0.3 is 43.5 Å². The van der Waals surface area contributed by atoms with E-state index in [4.69, 9.17) is 28.4 Å². The molecule has 0 saturated carbocycles. The van der Waals surface area contributed by atoms with Gasteiger partial charge in [0.15, 0.2) is 23.0 Å². The van der Waals surface area contributed by atoms with Gasteiger partial charge in [-0.15, -0.1) is 0 Å². The van der Waals surface area contributed by atoms with E-state index < -0.39 is 23.3 Å². The van der Waals surface area contributed by atoms with Crippen molar-refractivity contribution in [2.24, 2.45) is 0 Å². The normalized spacial score (nSPS) is 15.8. The summed E-state index contributed by atoms with van der Waals surface area (Å²) in [4.78, 5) is 37.6. The number of amides is 2. The van der Waals surface area contributed by atoms with Crippen molar-refractivity contribution in [3.63, 3.8) is 0 Å². The van der Waals surface area contributed by atoms with Gasteiger partial charge in [0.05, 0.1) is 42.7 Å². The SMILES string of the molecule is COc1cc(C(=O)N(C/C(C)=C/c2ccc(F)cc2F)CC2CCCN2)cc(OC)c1OC.COc1cc(C(=O)N(C/C(C)=C/c2ccc(F)cc2F)CC2CCCN2Cc2ccncc2)cc(OC)c1OC. The van der Waals surface area contributed by atoms with Crippen LogP contribution in [0.25, 0.3) is 12.2 Å². The maximum absolute atomic E-state index is 14.4. The lowest BCUT2D eigenvalue weighted by Gasteiger charge is -2.31. The number of carbonyl (C=O) groups excluding carboxylic acids is 2. The van der Waals surface area contributed by atoms with Crippen molar-refractivity contribution in [3.05, 3.63) is 147 Å². The Morgan fingerprint density at radius 2 is 1.10 bits per heavy atom. The fourth-order valence-electron chi connectivity index (χ4n) is 9.14. The van der Waals surface area contributed by atoms with Crippen LogP contribution < -0.4 is 33.7 Å². The predicted octanol–water partition coefficient (Wildman–Crippen LogP) is 9.88. The van der Waals surface area contributed by atoms with Gasteiger partial charge in [-0.25, -0.2) is 17.6 Å². The number of nitrogens with zero attached hydrogens (tertiary/aromatic N) is 4. The molecule has 2 atom stereocenters. The van der Waals surface area contributed by atoms with Crippen molar-refractivity contribution in [1.29, 1.82) is 0 Å². The Labute approximate surface area is 425 Å². The first kappa shape index (κ1) is 55.2. The van der Waals surface area contributed by atoms with E-state index in [9.17, 15) is 27.2 Å². The quantitative estimate of drug-likeness (QED) is 0.0750. The Hall–Kier alpha value is -7.11. The smallest absolute Gasteiger partial charge is 0.254 e. The van der Waals surface area contributed by atoms with Crippen molar-refractivity contribution in [3.8, 4) is 34.5 Å². The molecule has 1 N–H and O–H groups in total. The maximum atomic E-state index is 14.4. The van der Waals surface area contributed by atoms with E-state index in [1.165, 1.54) is 66.9 Å². The molecule has 4 aromatic carbocycles. The molecule has 17 heteroatoms. The molecule has 0 radical (unpaired) electrons. The van der Waals surface area contributed by atoms with Crippen LogP contribution in [0.4, 0.5) is 17.6 Å². The van der Waals surface area contributed by atoms with Crippen LogP contribution in [0.3, 0.4) is 0 Å². The summed E-state index contributed by atoms with van der Waals surface area (Å²) in [5.41, 5.74) is 3.99. The van der Waals surface area contributed by atoms with Gasteiger partial charge in [0.25, 0.3) is 11.8 Å². The zero-order valence-corrected chi connectivity index (χ0v) is 42.7. The third kappa shape index (κ3) is 14.8. The molecule has 0 bridgehead atoms. The zero-order valence-electron chi connectivity index (χ0n) is 42.7. The Bertz CT molecular complexity index is 2690. The molecule has 390 valence electrons. The van der Waals surface area contributed by atoms with Crippen LogP contribution >= 0.6 is 0 Å². The largest absolute Gasteiger partial charge is 0.493 e. The molecule has 2 aliphatic heterocycles. The lowest BCUT2D eigenvalue weighted by Crippen LogP contribution is -2.43. The molecule has 5 aromatic rings. The van der Waals surface area contributed by atoms with E-state index in [0.29, 0.717) is 58.7 Å². The lowest BCUT2D eigenvalue weighted by molar-refractivity contribution is 0.0717. The van der Waals surface area contributed by atoms with Crippen LogP contribution in [0.15, 0.2) is 96.3 Å². The van der Waals surface area contributed by atoms with Gasteiger partial charge in [0, 0.05) is 91.6 Å². The summed E-state index contributed by atoms with van der Waals surface area (Å²) in [6.07, 6.45) is 10.8. The van der Waals surface area contributed by atoms with Crippen LogP contribution in [0.2, 0.25) is 0 Å². The standard InChI is InChI=1S/C31H35F2N3O4.C25H30F2N2O4/c1-21(14-23-7-8-25(32)17-27(23)33)18-36(20-26-6-5-13-35(26)19-22-9-11-34-12-10-22)31(37)24-15-28(38-2)30(40-4)29(16-24)39-3;1-16(10-17-7-8-19(26)13-21(17)27)14-29(15-20-6-5-9-28-20)25(30)18-11-22(31-2)24(33-4)23(12-18)32-3/h7-12,14-17,26H,5-6,13,18-20H2,1-4H3;7-8,10-13,20,28H,5-6,9,14-15H2,1-4H3/b21-14+;16-10+. The number of hydrogen-bond donors (Lipinski definition) is 1. The van der Waals surface area contributed by atoms with Crippen LogP contribution in [0.5, 0.6) is 34.5 Å². The van der Waals surface area contributed by atoms with Gasteiger partial charge in [-0.1, -0.05) is 23.3 Å². The molecule has 2 amide bonds. The highest BCUT2D eigenvalue weighted by Gasteiger charge is 2.30. The van der Waals surface area contributed by atoms with E-state index in [0.717, 1.165) is 74.2 Å². The minimum atomic E-state index is -0.652. The highest BCUT2D eigenvalue weighted by Crippen LogP contribution is 2.40. The molecule has 2 saturated heterocycles. The molecule has 0 aliphatic carbocycles. The molecule has 2 aliphatic rings. The Morgan fingerprint density at radius 3 is 1.51 bits per heavy atom. The van der Waals surface area contributed by atoms with E-state index in [2.05, 4.69) is 15.2 Å². The average molecular weight is 1010 g/mol. The fourth-order valence-corrected chi connectivity index (χ4v) is 9.14. The number of aromatic nitrogens is 1. The third-order valence-corrected chi connectivity index (χ3v) is 12.7. The van der Waals surface area contributed by atoms with Gasteiger partial charge in [0.2, 0.25) is 11.5 Å². The molecule has 2 fully saturated rings. The summed E-state index contributed by atoms with van der Waals surface area (Å²) >= 11 is 0. The van der Waals surface area contributed by atoms with Crippen molar-refractivity contribution in [1.82, 2.24) is 25.0 Å². The number of nitrogens with one attached hydrogen (secondary N) is 1. The van der Waals surface area contributed by atoms with Gasteiger partial charge in [0.1, 0.15) is 23.3 Å². The molecule has 3 heterocycles. The van der Waals surface area contributed by atoms with E-state index in [1.807, 2.05) is 26.0 Å². The summed E-state index contributed by atoms with van der Waals surface area (Å²) in [6, 6.07) is 17.7. The number of ether oxygens (including phenoxy) is 6. The van der Waals surface area contributed by atoms with Gasteiger partial charge >= 0.3 is 0 Å². The number of rotatable bonds is 20. The monoisotopic (exact) mass is 1010 g/mol. The number of benzene rings is 4. The van der Waals surface area contributed by atoms with E-state index in [-0.39, 0.29) is 48.1 Å². The molecule has 73 heavy (non-hydrogen) atoms. The molecule has 2 unspecified atom stereocenters. The number of hydrogen-bond acceptors (Lipinski definition) is 11. The number of likely N-dealkylation sites (tertiary alicyclic amines) is 1. The maximum Gasteiger partial charge on any atom is 0.254 e. The first-order valence-electron chi connectivity index (χ1n) is 24.0. The number of halogens is 4. The highest BCUT2D eigenvalue weighted by atomic mass is 19.1. The molecule has 13 nitrogen and oxygen atoms in total. The van der Waals surface area contributed by atoms with Crippen LogP contribution in [-0.2, 0) is 6.54 Å². The topological polar surface area (TPSA) is 124 Å². The summed E-state index contributed by atoms with van der Waals surface area (Å²) in [7, 11) is 9.01. The Morgan fingerprint density at radius 1 is 0.630 bits per heavy atom. The molecule has 1 aromatic heterocycles. The first-order valence-corrected chi connectivity index (χ1v) is 24.0. The van der Waals surface area contributed by atoms with Crippen molar-refractivity contribution >= 4 is 24.0 Å². The first-order chi connectivity index (χ1) is 35.2. The summed E-state index contributed by atoms with van der Waals surface area (Å²) in [6.45, 7) is 7.75. The summed E-state index contributed by atoms with van der Waals surface area (Å²) in [5.74, 6) is -0.654. The van der Waals surface area contributed by atoms with Gasteiger partial charge in [-0.2, -0.15) is 0 Å². The highest BCUT2D eigenvalue weighted by molar-refractivity contribution is 5.96. The number of methoxy groups -OCH3 is 6. The van der Waals surface area contributed by atoms with Crippen molar-refractivity contribution in [2.45, 2.75) is 58.2 Å². The van der Waals surface area contributed by atoms with Crippen LogP contribution in [0, 0.1) is 23.3 Å². The van der Waals surface area contributed by atoms with Gasteiger partial charge in [-0.3, -0.25) is 19.5 Å². The van der Waals surface area contributed by atoms with Gasteiger partial charge in [-0.05, 0) is 119 Å². The van der Waals surface area contributed by atoms with Crippen LogP contribution in [-0.4, -0.2) is 126 Å². The predicted molar refractivity (Wildman–Crippen MR) is 273 cm³/mol. The van der Waals surface area contributed by atoms with E-state index >= 15 is 0 Å². The van der Waals surface area contributed by atoms with E-state index in [1.54, 1.807) is 58.6 Å². The Kier molecular flexibility index (Phi) is 20.1. The minimum absolute atomic E-state index is 0.134. The molecular weight excluding hydrogens is 947 g/mol. The molecule has 0 spiro atoms. The third-order valence-electron chi connectivity index (χ3n) is 12.7. The number of carbonyl (C=O) groups is 2. The second kappa shape index (κ2) is 26.5. The van der Waals surface area contributed by atoms with Crippen LogP contribution in [0.1, 0.15) is 76.9 Å².